The fraction of sp³-hybridized carbons (Fsp3) is 0.214. The van der Waals surface area contributed by atoms with Crippen LogP contribution in [0, 0.1) is 0 Å². The van der Waals surface area contributed by atoms with E-state index >= 15 is 0 Å². The molecule has 2 aromatic heterocycles. The molecular weight excluding hydrogens is 226 g/mol. The molecule has 0 aliphatic carbocycles. The predicted octanol–water partition coefficient (Wildman–Crippen LogP) is 2.08. The summed E-state index contributed by atoms with van der Waals surface area (Å²) in [5, 5.41) is 11.5. The molecule has 4 heteroatoms. The van der Waals surface area contributed by atoms with Crippen molar-refractivity contribution in [1.82, 2.24) is 9.38 Å². The van der Waals surface area contributed by atoms with Gasteiger partial charge in [0.05, 0.1) is 5.69 Å². The Hall–Kier alpha value is -2.07. The minimum absolute atomic E-state index is 0.279. The van der Waals surface area contributed by atoms with Gasteiger partial charge in [0, 0.05) is 17.8 Å². The molecule has 0 atom stereocenters. The summed E-state index contributed by atoms with van der Waals surface area (Å²) in [5.74, 6) is 0.279. The fourth-order valence-corrected chi connectivity index (χ4v) is 2.21. The van der Waals surface area contributed by atoms with Crippen LogP contribution >= 0.6 is 0 Å². The van der Waals surface area contributed by atoms with Gasteiger partial charge in [-0.15, -0.1) is 0 Å². The number of imidazole rings is 1. The van der Waals surface area contributed by atoms with Gasteiger partial charge in [0.2, 0.25) is 0 Å². The lowest BCUT2D eigenvalue weighted by Gasteiger charge is -2.00. The first kappa shape index (κ1) is 11.0. The maximum atomic E-state index is 9.48. The third kappa shape index (κ3) is 1.80. The quantitative estimate of drug-likeness (QED) is 0.738. The Morgan fingerprint density at radius 1 is 1.28 bits per heavy atom. The number of fused-ring (bicyclic) bond motifs is 3. The average Bonchev–Trinajstić information content (AvgIpc) is 2.79. The Labute approximate surface area is 105 Å². The number of rotatable bonds is 3. The first-order chi connectivity index (χ1) is 8.78. The zero-order valence-corrected chi connectivity index (χ0v) is 10.0. The highest BCUT2D eigenvalue weighted by Crippen LogP contribution is 2.23. The monoisotopic (exact) mass is 241 g/mol. The van der Waals surface area contributed by atoms with Crippen LogP contribution in [0.1, 0.15) is 12.1 Å². The molecule has 92 valence electrons. The zero-order chi connectivity index (χ0) is 12.5. The van der Waals surface area contributed by atoms with Crippen LogP contribution in [0.15, 0.2) is 36.7 Å². The maximum Gasteiger partial charge on any atom is 0.144 e. The molecule has 0 spiro atoms. The van der Waals surface area contributed by atoms with Crippen LogP contribution in [0.25, 0.3) is 16.4 Å². The van der Waals surface area contributed by atoms with E-state index < -0.39 is 0 Å². The molecule has 18 heavy (non-hydrogen) atoms. The number of hydrogen-bond acceptors (Lipinski definition) is 3. The molecule has 0 bridgehead atoms. The zero-order valence-electron chi connectivity index (χ0n) is 10.0. The van der Waals surface area contributed by atoms with Crippen LogP contribution in [0.4, 0.5) is 0 Å². The van der Waals surface area contributed by atoms with Crippen molar-refractivity contribution in [3.8, 4) is 5.75 Å². The minimum atomic E-state index is 0.279. The summed E-state index contributed by atoms with van der Waals surface area (Å²) in [7, 11) is 0. The molecule has 0 saturated heterocycles. The van der Waals surface area contributed by atoms with E-state index in [9.17, 15) is 5.11 Å². The van der Waals surface area contributed by atoms with Crippen LogP contribution < -0.4 is 5.73 Å². The fourth-order valence-electron chi connectivity index (χ4n) is 2.21. The summed E-state index contributed by atoms with van der Waals surface area (Å²) in [4.78, 5) is 4.63. The Kier molecular flexibility index (Phi) is 2.64. The largest absolute Gasteiger partial charge is 0.508 e. The van der Waals surface area contributed by atoms with E-state index in [2.05, 4.69) is 4.98 Å². The van der Waals surface area contributed by atoms with Gasteiger partial charge < -0.3 is 15.2 Å². The molecule has 0 unspecified atom stereocenters. The Morgan fingerprint density at radius 3 is 3.00 bits per heavy atom. The van der Waals surface area contributed by atoms with E-state index in [4.69, 9.17) is 5.73 Å². The highest BCUT2D eigenvalue weighted by molar-refractivity contribution is 5.94. The van der Waals surface area contributed by atoms with Crippen LogP contribution in [0.3, 0.4) is 0 Å². The van der Waals surface area contributed by atoms with Crippen molar-refractivity contribution in [2.24, 2.45) is 5.73 Å². The molecule has 3 N–H and O–H groups in total. The lowest BCUT2D eigenvalue weighted by molar-refractivity contribution is 0.476. The standard InChI is InChI=1S/C14H15N3O/c15-6-1-2-11-9-17-7-5-10-8-12(18)3-4-13(10)14(17)16-11/h3-5,7-9,18H,1-2,6,15H2. The summed E-state index contributed by atoms with van der Waals surface area (Å²) >= 11 is 0. The first-order valence-corrected chi connectivity index (χ1v) is 6.07. The van der Waals surface area contributed by atoms with Gasteiger partial charge in [0.15, 0.2) is 0 Å². The van der Waals surface area contributed by atoms with E-state index in [0.29, 0.717) is 6.54 Å². The third-order valence-corrected chi connectivity index (χ3v) is 3.11. The summed E-state index contributed by atoms with van der Waals surface area (Å²) in [5.41, 5.74) is 7.50. The highest BCUT2D eigenvalue weighted by atomic mass is 16.3. The number of aryl methyl sites for hydroxylation is 1. The van der Waals surface area contributed by atoms with Gasteiger partial charge in [0.1, 0.15) is 11.4 Å². The van der Waals surface area contributed by atoms with Gasteiger partial charge in [-0.2, -0.15) is 0 Å². The van der Waals surface area contributed by atoms with E-state index in [1.165, 1.54) is 0 Å². The molecule has 0 fully saturated rings. The van der Waals surface area contributed by atoms with Crippen molar-refractivity contribution in [2.45, 2.75) is 12.8 Å². The van der Waals surface area contributed by atoms with E-state index in [1.807, 2.05) is 28.9 Å². The molecule has 0 aliphatic rings. The van der Waals surface area contributed by atoms with Crippen LogP contribution in [0.5, 0.6) is 5.75 Å². The van der Waals surface area contributed by atoms with E-state index in [1.54, 1.807) is 12.1 Å². The minimum Gasteiger partial charge on any atom is -0.508 e. The number of nitrogens with two attached hydrogens (primary N) is 1. The molecule has 3 rings (SSSR count). The summed E-state index contributed by atoms with van der Waals surface area (Å²) < 4.78 is 2.02. The molecule has 4 nitrogen and oxygen atoms in total. The van der Waals surface area contributed by atoms with Crippen LogP contribution in [-0.2, 0) is 6.42 Å². The number of hydrogen-bond donors (Lipinski definition) is 2. The van der Waals surface area contributed by atoms with Crippen molar-refractivity contribution < 1.29 is 5.11 Å². The van der Waals surface area contributed by atoms with Crippen LogP contribution in [-0.4, -0.2) is 21.0 Å². The van der Waals surface area contributed by atoms with Gasteiger partial charge in [0.25, 0.3) is 0 Å². The molecular formula is C14H15N3O. The highest BCUT2D eigenvalue weighted by Gasteiger charge is 2.05. The smallest absolute Gasteiger partial charge is 0.144 e. The van der Waals surface area contributed by atoms with Gasteiger partial charge in [-0.05, 0) is 49.0 Å². The number of pyridine rings is 1. The van der Waals surface area contributed by atoms with Crippen molar-refractivity contribution >= 4 is 16.4 Å². The van der Waals surface area contributed by atoms with Crippen molar-refractivity contribution in [3.05, 3.63) is 42.4 Å². The number of aromatic hydroxyl groups is 1. The Balaban J connectivity index is 2.17. The molecule has 2 heterocycles. The van der Waals surface area contributed by atoms with Gasteiger partial charge >= 0.3 is 0 Å². The number of phenolic OH excluding ortho intramolecular Hbond substituents is 1. The van der Waals surface area contributed by atoms with Gasteiger partial charge in [-0.3, -0.25) is 0 Å². The number of nitrogens with zero attached hydrogens (tertiary/aromatic N) is 2. The molecule has 0 aliphatic heterocycles. The average molecular weight is 241 g/mol. The van der Waals surface area contributed by atoms with E-state index in [-0.39, 0.29) is 5.75 Å². The first-order valence-electron chi connectivity index (χ1n) is 6.07. The predicted molar refractivity (Wildman–Crippen MR) is 71.7 cm³/mol. The van der Waals surface area contributed by atoms with Crippen molar-refractivity contribution in [3.63, 3.8) is 0 Å². The Bertz CT molecular complexity index is 703. The molecule has 0 saturated carbocycles. The lowest BCUT2D eigenvalue weighted by atomic mass is 10.1. The molecule has 0 radical (unpaired) electrons. The summed E-state index contributed by atoms with van der Waals surface area (Å²) in [6.07, 6.45) is 5.85. The summed E-state index contributed by atoms with van der Waals surface area (Å²) in [6.45, 7) is 0.683. The second kappa shape index (κ2) is 4.31. The Morgan fingerprint density at radius 2 is 2.17 bits per heavy atom. The third-order valence-electron chi connectivity index (χ3n) is 3.11. The van der Waals surface area contributed by atoms with Gasteiger partial charge in [-0.1, -0.05) is 0 Å². The normalized spacial score (nSPS) is 11.4. The maximum absolute atomic E-state index is 9.48. The molecule has 3 aromatic rings. The van der Waals surface area contributed by atoms with Crippen LogP contribution in [0.2, 0.25) is 0 Å². The summed E-state index contributed by atoms with van der Waals surface area (Å²) in [6, 6.07) is 7.33. The molecule has 0 amide bonds. The van der Waals surface area contributed by atoms with Crippen molar-refractivity contribution in [1.29, 1.82) is 0 Å². The van der Waals surface area contributed by atoms with Crippen molar-refractivity contribution in [2.75, 3.05) is 6.54 Å². The second-order valence-corrected chi connectivity index (χ2v) is 4.44. The number of benzene rings is 1. The van der Waals surface area contributed by atoms with Gasteiger partial charge in [-0.25, -0.2) is 4.98 Å². The van der Waals surface area contributed by atoms with E-state index in [0.717, 1.165) is 35.0 Å². The SMILES string of the molecule is NCCCc1cn2ccc3cc(O)ccc3c2n1. The number of phenols is 1. The topological polar surface area (TPSA) is 63.5 Å². The second-order valence-electron chi connectivity index (χ2n) is 4.44. The molecule has 1 aromatic carbocycles. The number of aromatic nitrogens is 2. The lowest BCUT2D eigenvalue weighted by Crippen LogP contribution is -2.00.